The molecule has 5 nitrogen and oxygen atoms in total. The zero-order valence-electron chi connectivity index (χ0n) is 11.6. The summed E-state index contributed by atoms with van der Waals surface area (Å²) in [5.41, 5.74) is 4.05. The van der Waals surface area contributed by atoms with Crippen LogP contribution in [0.3, 0.4) is 0 Å². The summed E-state index contributed by atoms with van der Waals surface area (Å²) in [5.74, 6) is 8.02. The van der Waals surface area contributed by atoms with Crippen LogP contribution in [0.15, 0.2) is 6.20 Å². The Kier molecular flexibility index (Phi) is 4.35. The van der Waals surface area contributed by atoms with E-state index in [4.69, 9.17) is 5.84 Å². The van der Waals surface area contributed by atoms with Crippen molar-refractivity contribution in [3.8, 4) is 0 Å². The molecule has 1 aromatic heterocycles. The monoisotopic (exact) mass is 251 g/mol. The molecule has 0 amide bonds. The van der Waals surface area contributed by atoms with E-state index in [1.54, 1.807) is 0 Å². The molecule has 0 bridgehead atoms. The lowest BCUT2D eigenvalue weighted by Crippen LogP contribution is -2.37. The summed E-state index contributed by atoms with van der Waals surface area (Å²) in [7, 11) is 1.92. The van der Waals surface area contributed by atoms with E-state index in [0.717, 1.165) is 17.5 Å². The van der Waals surface area contributed by atoms with Crippen molar-refractivity contribution in [1.29, 1.82) is 0 Å². The summed E-state index contributed by atoms with van der Waals surface area (Å²) < 4.78 is 1.82. The highest BCUT2D eigenvalue weighted by Crippen LogP contribution is 2.38. The van der Waals surface area contributed by atoms with Gasteiger partial charge in [0.1, 0.15) is 0 Å². The molecule has 1 aliphatic carbocycles. The van der Waals surface area contributed by atoms with Crippen LogP contribution in [0.25, 0.3) is 0 Å². The van der Waals surface area contributed by atoms with E-state index in [9.17, 15) is 0 Å². The predicted octanol–water partition coefficient (Wildman–Crippen LogP) is 1.78. The Balaban J connectivity index is 2.01. The fourth-order valence-electron chi connectivity index (χ4n) is 3.19. The lowest BCUT2D eigenvalue weighted by Gasteiger charge is -2.34. The topological polar surface area (TPSA) is 68.8 Å². The van der Waals surface area contributed by atoms with E-state index in [0.29, 0.717) is 5.92 Å². The van der Waals surface area contributed by atoms with Crippen LogP contribution in [0.2, 0.25) is 0 Å². The molecule has 0 aromatic carbocycles. The fraction of sp³-hybridized carbons (Fsp3) is 0.846. The van der Waals surface area contributed by atoms with E-state index in [1.165, 1.54) is 25.7 Å². The summed E-state index contributed by atoms with van der Waals surface area (Å²) >= 11 is 0. The number of aryl methyl sites for hydroxylation is 1. The van der Waals surface area contributed by atoms with Gasteiger partial charge in [0.05, 0.1) is 17.9 Å². The van der Waals surface area contributed by atoms with Gasteiger partial charge in [-0.25, -0.2) is 0 Å². The van der Waals surface area contributed by atoms with E-state index < -0.39 is 0 Å². The SMILES string of the molecule is CC(C)C1CCC(C(NN)c2cnnn2C)CC1. The average molecular weight is 251 g/mol. The normalized spacial score (nSPS) is 26.5. The Hall–Kier alpha value is -0.940. The average Bonchev–Trinajstić information content (AvgIpc) is 2.78. The Morgan fingerprint density at radius 3 is 2.33 bits per heavy atom. The lowest BCUT2D eigenvalue weighted by atomic mass is 9.74. The molecule has 0 aliphatic heterocycles. The van der Waals surface area contributed by atoms with Gasteiger partial charge in [0, 0.05) is 7.05 Å². The molecule has 0 spiro atoms. The van der Waals surface area contributed by atoms with E-state index >= 15 is 0 Å². The Morgan fingerprint density at radius 2 is 1.89 bits per heavy atom. The second-order valence-corrected chi connectivity index (χ2v) is 5.85. The smallest absolute Gasteiger partial charge is 0.0769 e. The van der Waals surface area contributed by atoms with Gasteiger partial charge in [-0.1, -0.05) is 19.1 Å². The molecule has 1 saturated carbocycles. The molecule has 1 aromatic rings. The van der Waals surface area contributed by atoms with Gasteiger partial charge in [-0.2, -0.15) is 0 Å². The molecule has 1 aliphatic rings. The van der Waals surface area contributed by atoms with Crippen molar-refractivity contribution in [2.45, 2.75) is 45.6 Å². The summed E-state index contributed by atoms with van der Waals surface area (Å²) in [6.07, 6.45) is 6.92. The third kappa shape index (κ3) is 2.72. The predicted molar refractivity (Wildman–Crippen MR) is 71.4 cm³/mol. The van der Waals surface area contributed by atoms with Crippen molar-refractivity contribution < 1.29 is 0 Å². The first-order valence-electron chi connectivity index (χ1n) is 6.94. The quantitative estimate of drug-likeness (QED) is 0.632. The largest absolute Gasteiger partial charge is 0.271 e. The molecule has 1 atom stereocenters. The molecule has 1 heterocycles. The number of aromatic nitrogens is 3. The maximum atomic E-state index is 5.74. The minimum Gasteiger partial charge on any atom is -0.271 e. The highest BCUT2D eigenvalue weighted by molar-refractivity contribution is 5.04. The zero-order valence-corrected chi connectivity index (χ0v) is 11.6. The molecule has 102 valence electrons. The highest BCUT2D eigenvalue weighted by atomic mass is 15.4. The van der Waals surface area contributed by atoms with Crippen molar-refractivity contribution in [2.24, 2.45) is 30.6 Å². The lowest BCUT2D eigenvalue weighted by molar-refractivity contribution is 0.186. The number of hydrogen-bond acceptors (Lipinski definition) is 4. The van der Waals surface area contributed by atoms with Gasteiger partial charge in [-0.3, -0.25) is 16.0 Å². The molecule has 0 radical (unpaired) electrons. The van der Waals surface area contributed by atoms with E-state index in [2.05, 4.69) is 29.6 Å². The third-order valence-electron chi connectivity index (χ3n) is 4.48. The molecular formula is C13H25N5. The Labute approximate surface area is 109 Å². The summed E-state index contributed by atoms with van der Waals surface area (Å²) in [6.45, 7) is 4.66. The molecule has 5 heteroatoms. The first-order valence-corrected chi connectivity index (χ1v) is 6.94. The molecule has 0 saturated heterocycles. The third-order valence-corrected chi connectivity index (χ3v) is 4.48. The first-order chi connectivity index (χ1) is 8.63. The van der Waals surface area contributed by atoms with Gasteiger partial charge in [-0.15, -0.1) is 5.10 Å². The number of hydrogen-bond donors (Lipinski definition) is 2. The number of nitrogens with two attached hydrogens (primary N) is 1. The van der Waals surface area contributed by atoms with Crippen LogP contribution in [0.4, 0.5) is 0 Å². The molecule has 1 fully saturated rings. The minimum absolute atomic E-state index is 0.179. The second kappa shape index (κ2) is 5.80. The number of rotatable bonds is 4. The van der Waals surface area contributed by atoms with Crippen LogP contribution in [-0.2, 0) is 7.05 Å². The summed E-state index contributed by atoms with van der Waals surface area (Å²) in [5, 5.41) is 7.94. The van der Waals surface area contributed by atoms with Crippen LogP contribution in [0.1, 0.15) is 51.3 Å². The molecule has 18 heavy (non-hydrogen) atoms. The summed E-state index contributed by atoms with van der Waals surface area (Å²) in [4.78, 5) is 0. The van der Waals surface area contributed by atoms with Crippen molar-refractivity contribution >= 4 is 0 Å². The molecule has 2 rings (SSSR count). The van der Waals surface area contributed by atoms with Gasteiger partial charge in [0.15, 0.2) is 0 Å². The molecule has 3 N–H and O–H groups in total. The number of hydrazine groups is 1. The molecule has 1 unspecified atom stereocenters. The highest BCUT2D eigenvalue weighted by Gasteiger charge is 2.30. The fourth-order valence-corrected chi connectivity index (χ4v) is 3.19. The number of nitrogens with one attached hydrogen (secondary N) is 1. The Morgan fingerprint density at radius 1 is 1.28 bits per heavy atom. The Bertz CT molecular complexity index is 365. The molecular weight excluding hydrogens is 226 g/mol. The second-order valence-electron chi connectivity index (χ2n) is 5.85. The van der Waals surface area contributed by atoms with E-state index in [1.807, 2.05) is 17.9 Å². The zero-order chi connectivity index (χ0) is 13.1. The summed E-state index contributed by atoms with van der Waals surface area (Å²) in [6, 6.07) is 0.179. The minimum atomic E-state index is 0.179. The van der Waals surface area contributed by atoms with E-state index in [-0.39, 0.29) is 6.04 Å². The van der Waals surface area contributed by atoms with Gasteiger partial charge >= 0.3 is 0 Å². The van der Waals surface area contributed by atoms with Gasteiger partial charge in [0.2, 0.25) is 0 Å². The van der Waals surface area contributed by atoms with Crippen LogP contribution in [0, 0.1) is 17.8 Å². The van der Waals surface area contributed by atoms with Crippen LogP contribution < -0.4 is 11.3 Å². The van der Waals surface area contributed by atoms with Crippen LogP contribution in [0.5, 0.6) is 0 Å². The van der Waals surface area contributed by atoms with Crippen molar-refractivity contribution in [3.05, 3.63) is 11.9 Å². The van der Waals surface area contributed by atoms with Gasteiger partial charge in [-0.05, 0) is 43.4 Å². The van der Waals surface area contributed by atoms with Crippen molar-refractivity contribution in [1.82, 2.24) is 20.4 Å². The van der Waals surface area contributed by atoms with Crippen molar-refractivity contribution in [2.75, 3.05) is 0 Å². The maximum Gasteiger partial charge on any atom is 0.0769 e. The van der Waals surface area contributed by atoms with Gasteiger partial charge in [0.25, 0.3) is 0 Å². The van der Waals surface area contributed by atoms with Crippen molar-refractivity contribution in [3.63, 3.8) is 0 Å². The van der Waals surface area contributed by atoms with Crippen LogP contribution in [-0.4, -0.2) is 15.0 Å². The maximum absolute atomic E-state index is 5.74. The number of nitrogens with zero attached hydrogens (tertiary/aromatic N) is 3. The standard InChI is InChI=1S/C13H25N5/c1-9(2)10-4-6-11(7-5-10)13(16-14)12-8-15-17-18(12)3/h8-11,13,16H,4-7,14H2,1-3H3. The van der Waals surface area contributed by atoms with Crippen LogP contribution >= 0.6 is 0 Å². The first kappa shape index (κ1) is 13.5. The van der Waals surface area contributed by atoms with Gasteiger partial charge < -0.3 is 0 Å².